The molecule has 0 aromatic carbocycles. The molecule has 1 aliphatic heterocycles. The third-order valence-electron chi connectivity index (χ3n) is 2.22. The fraction of sp³-hybridized carbons (Fsp3) is 0.778. The lowest BCUT2D eigenvalue weighted by Gasteiger charge is -2.12. The molecule has 0 amide bonds. The molecule has 1 heteroatoms. The average Bonchev–Trinajstić information content (AvgIpc) is 2.40. The lowest BCUT2D eigenvalue weighted by Crippen LogP contribution is -2.22. The van der Waals surface area contributed by atoms with Gasteiger partial charge in [-0.25, -0.2) is 0 Å². The first-order chi connectivity index (χ1) is 4.83. The molecule has 0 aromatic heterocycles. The van der Waals surface area contributed by atoms with Gasteiger partial charge in [-0.1, -0.05) is 13.0 Å². The minimum atomic E-state index is 0.676. The van der Waals surface area contributed by atoms with Crippen molar-refractivity contribution >= 4 is 0 Å². The van der Waals surface area contributed by atoms with Crippen LogP contribution >= 0.6 is 0 Å². The van der Waals surface area contributed by atoms with E-state index >= 15 is 0 Å². The predicted octanol–water partition coefficient (Wildman–Crippen LogP) is 1.95. The van der Waals surface area contributed by atoms with Gasteiger partial charge in [0.15, 0.2) is 0 Å². The third kappa shape index (κ3) is 2.14. The van der Waals surface area contributed by atoms with E-state index in [-0.39, 0.29) is 0 Å². The first kappa shape index (κ1) is 7.80. The lowest BCUT2D eigenvalue weighted by atomic mass is 10.0. The zero-order chi connectivity index (χ0) is 7.40. The highest BCUT2D eigenvalue weighted by Gasteiger charge is 2.14. The van der Waals surface area contributed by atoms with Crippen molar-refractivity contribution in [2.24, 2.45) is 5.92 Å². The Morgan fingerprint density at radius 1 is 1.80 bits per heavy atom. The van der Waals surface area contributed by atoms with Crippen molar-refractivity contribution in [1.29, 1.82) is 0 Å². The van der Waals surface area contributed by atoms with E-state index in [1.54, 1.807) is 0 Å². The zero-order valence-corrected chi connectivity index (χ0v) is 6.77. The molecule has 10 heavy (non-hydrogen) atoms. The highest BCUT2D eigenvalue weighted by atomic mass is 14.9. The molecule has 1 saturated heterocycles. The summed E-state index contributed by atoms with van der Waals surface area (Å²) in [5, 5.41) is 3.47. The second kappa shape index (κ2) is 3.77. The SMILES string of the molecule is C=CC(C)CC1CCCN1. The molecule has 1 rings (SSSR count). The van der Waals surface area contributed by atoms with E-state index in [2.05, 4.69) is 18.8 Å². The minimum absolute atomic E-state index is 0.676. The summed E-state index contributed by atoms with van der Waals surface area (Å²) in [6, 6.07) is 0.771. The summed E-state index contributed by atoms with van der Waals surface area (Å²) >= 11 is 0. The Morgan fingerprint density at radius 3 is 3.10 bits per heavy atom. The molecule has 0 aromatic rings. The lowest BCUT2D eigenvalue weighted by molar-refractivity contribution is 0.493. The summed E-state index contributed by atoms with van der Waals surface area (Å²) in [7, 11) is 0. The Kier molecular flexibility index (Phi) is 2.94. The van der Waals surface area contributed by atoms with Crippen LogP contribution in [0.3, 0.4) is 0 Å². The van der Waals surface area contributed by atoms with E-state index in [4.69, 9.17) is 0 Å². The molecule has 2 unspecified atom stereocenters. The van der Waals surface area contributed by atoms with Gasteiger partial charge < -0.3 is 5.32 Å². The maximum Gasteiger partial charge on any atom is 0.00730 e. The molecule has 0 bridgehead atoms. The summed E-state index contributed by atoms with van der Waals surface area (Å²) in [5.74, 6) is 0.676. The molecule has 58 valence electrons. The monoisotopic (exact) mass is 139 g/mol. The molecular formula is C9H17N. The normalized spacial score (nSPS) is 28.3. The van der Waals surface area contributed by atoms with Crippen LogP contribution in [0.2, 0.25) is 0 Å². The van der Waals surface area contributed by atoms with Crippen molar-refractivity contribution in [2.45, 2.75) is 32.2 Å². The Morgan fingerprint density at radius 2 is 2.60 bits per heavy atom. The molecule has 2 atom stereocenters. The van der Waals surface area contributed by atoms with Gasteiger partial charge in [0.05, 0.1) is 0 Å². The Bertz CT molecular complexity index is 103. The van der Waals surface area contributed by atoms with Gasteiger partial charge in [0.2, 0.25) is 0 Å². The second-order valence-electron chi connectivity index (χ2n) is 3.24. The molecule has 0 spiro atoms. The highest BCUT2D eigenvalue weighted by molar-refractivity contribution is 4.82. The van der Waals surface area contributed by atoms with Crippen LogP contribution in [0.25, 0.3) is 0 Å². The number of hydrogen-bond donors (Lipinski definition) is 1. The third-order valence-corrected chi connectivity index (χ3v) is 2.22. The van der Waals surface area contributed by atoms with Crippen molar-refractivity contribution in [1.82, 2.24) is 5.32 Å². The summed E-state index contributed by atoms with van der Waals surface area (Å²) < 4.78 is 0. The molecule has 1 nitrogen and oxygen atoms in total. The fourth-order valence-corrected chi connectivity index (χ4v) is 1.50. The number of allylic oxidation sites excluding steroid dienone is 1. The van der Waals surface area contributed by atoms with E-state index in [0.29, 0.717) is 5.92 Å². The van der Waals surface area contributed by atoms with E-state index in [9.17, 15) is 0 Å². The van der Waals surface area contributed by atoms with Crippen LogP contribution in [0, 0.1) is 5.92 Å². The molecular weight excluding hydrogens is 122 g/mol. The Balaban J connectivity index is 2.17. The van der Waals surface area contributed by atoms with Crippen molar-refractivity contribution < 1.29 is 0 Å². The van der Waals surface area contributed by atoms with Crippen molar-refractivity contribution in [3.05, 3.63) is 12.7 Å². The van der Waals surface area contributed by atoms with E-state index in [0.717, 1.165) is 6.04 Å². The number of hydrogen-bond acceptors (Lipinski definition) is 1. The molecule has 0 saturated carbocycles. The van der Waals surface area contributed by atoms with Crippen molar-refractivity contribution in [2.75, 3.05) is 6.54 Å². The Hall–Kier alpha value is -0.300. The summed E-state index contributed by atoms with van der Waals surface area (Å²) in [6.45, 7) is 7.22. The van der Waals surface area contributed by atoms with Gasteiger partial charge in [-0.3, -0.25) is 0 Å². The smallest absolute Gasteiger partial charge is 0.00730 e. The van der Waals surface area contributed by atoms with E-state index in [1.807, 2.05) is 6.08 Å². The topological polar surface area (TPSA) is 12.0 Å². The van der Waals surface area contributed by atoms with Crippen LogP contribution in [-0.2, 0) is 0 Å². The highest BCUT2D eigenvalue weighted by Crippen LogP contribution is 2.14. The summed E-state index contributed by atoms with van der Waals surface area (Å²) in [6.07, 6.45) is 6.02. The van der Waals surface area contributed by atoms with Gasteiger partial charge >= 0.3 is 0 Å². The molecule has 0 radical (unpaired) electrons. The van der Waals surface area contributed by atoms with E-state index < -0.39 is 0 Å². The van der Waals surface area contributed by atoms with Crippen LogP contribution in [0.1, 0.15) is 26.2 Å². The molecule has 1 aliphatic rings. The number of nitrogens with one attached hydrogen (secondary N) is 1. The van der Waals surface area contributed by atoms with Gasteiger partial charge in [0.25, 0.3) is 0 Å². The number of rotatable bonds is 3. The van der Waals surface area contributed by atoms with Gasteiger partial charge in [0.1, 0.15) is 0 Å². The standard InChI is InChI=1S/C9H17N/c1-3-8(2)7-9-5-4-6-10-9/h3,8-10H,1,4-7H2,2H3. The van der Waals surface area contributed by atoms with E-state index in [1.165, 1.54) is 25.8 Å². The second-order valence-corrected chi connectivity index (χ2v) is 3.24. The average molecular weight is 139 g/mol. The zero-order valence-electron chi connectivity index (χ0n) is 6.77. The maximum atomic E-state index is 3.77. The van der Waals surface area contributed by atoms with Gasteiger partial charge in [-0.15, -0.1) is 6.58 Å². The first-order valence-corrected chi connectivity index (χ1v) is 4.19. The largest absolute Gasteiger partial charge is 0.314 e. The quantitative estimate of drug-likeness (QED) is 0.589. The van der Waals surface area contributed by atoms with Gasteiger partial charge in [0, 0.05) is 6.04 Å². The summed E-state index contributed by atoms with van der Waals surface area (Å²) in [4.78, 5) is 0. The molecule has 1 fully saturated rings. The molecule has 1 heterocycles. The van der Waals surface area contributed by atoms with Gasteiger partial charge in [-0.05, 0) is 31.7 Å². The van der Waals surface area contributed by atoms with Crippen molar-refractivity contribution in [3.63, 3.8) is 0 Å². The fourth-order valence-electron chi connectivity index (χ4n) is 1.50. The Labute approximate surface area is 63.5 Å². The van der Waals surface area contributed by atoms with Gasteiger partial charge in [-0.2, -0.15) is 0 Å². The molecule has 1 N–H and O–H groups in total. The molecule has 0 aliphatic carbocycles. The van der Waals surface area contributed by atoms with Crippen LogP contribution < -0.4 is 5.32 Å². The van der Waals surface area contributed by atoms with Crippen LogP contribution in [-0.4, -0.2) is 12.6 Å². The minimum Gasteiger partial charge on any atom is -0.314 e. The van der Waals surface area contributed by atoms with Crippen molar-refractivity contribution in [3.8, 4) is 0 Å². The maximum absolute atomic E-state index is 3.77. The first-order valence-electron chi connectivity index (χ1n) is 4.19. The predicted molar refractivity (Wildman–Crippen MR) is 45.0 cm³/mol. The van der Waals surface area contributed by atoms with Crippen LogP contribution in [0.15, 0.2) is 12.7 Å². The summed E-state index contributed by atoms with van der Waals surface area (Å²) in [5.41, 5.74) is 0. The van der Waals surface area contributed by atoms with Crippen LogP contribution in [0.5, 0.6) is 0 Å². The van der Waals surface area contributed by atoms with Crippen LogP contribution in [0.4, 0.5) is 0 Å².